The van der Waals surface area contributed by atoms with Gasteiger partial charge >= 0.3 is 0 Å². The van der Waals surface area contributed by atoms with Crippen LogP contribution in [-0.4, -0.2) is 37.7 Å². The molecule has 30 heavy (non-hydrogen) atoms. The Kier molecular flexibility index (Phi) is 5.28. The molecule has 1 unspecified atom stereocenters. The van der Waals surface area contributed by atoms with E-state index in [4.69, 9.17) is 6.57 Å². The molecule has 8 nitrogen and oxygen atoms in total. The van der Waals surface area contributed by atoms with Gasteiger partial charge in [0, 0.05) is 18.6 Å². The van der Waals surface area contributed by atoms with Crippen molar-refractivity contribution in [1.29, 1.82) is 0 Å². The summed E-state index contributed by atoms with van der Waals surface area (Å²) < 4.78 is 0. The molecule has 0 aliphatic rings. The Morgan fingerprint density at radius 2 is 2.07 bits per heavy atom. The summed E-state index contributed by atoms with van der Waals surface area (Å²) in [5.41, 5.74) is 4.40. The molecule has 0 spiro atoms. The van der Waals surface area contributed by atoms with Crippen LogP contribution in [0.1, 0.15) is 11.1 Å². The second-order valence-electron chi connectivity index (χ2n) is 7.03. The molecule has 4 aromatic rings. The minimum atomic E-state index is -0.303. The molecule has 1 atom stereocenters. The molecule has 0 bridgehead atoms. The molecule has 4 N–H and O–H groups in total. The largest absolute Gasteiger partial charge is 0.394 e. The van der Waals surface area contributed by atoms with Gasteiger partial charge in [-0.25, -0.2) is 9.83 Å². The van der Waals surface area contributed by atoms with E-state index in [2.05, 4.69) is 30.1 Å². The van der Waals surface area contributed by atoms with Gasteiger partial charge in [-0.1, -0.05) is 6.07 Å². The van der Waals surface area contributed by atoms with E-state index in [0.29, 0.717) is 40.2 Å². The van der Waals surface area contributed by atoms with Crippen LogP contribution in [0, 0.1) is 13.5 Å². The third kappa shape index (κ3) is 3.79. The fourth-order valence-corrected chi connectivity index (χ4v) is 3.47. The highest BCUT2D eigenvalue weighted by molar-refractivity contribution is 5.87. The van der Waals surface area contributed by atoms with Gasteiger partial charge in [-0.2, -0.15) is 0 Å². The maximum Gasteiger partial charge on any atom is 0.261 e. The first kappa shape index (κ1) is 19.4. The van der Waals surface area contributed by atoms with Crippen molar-refractivity contribution in [2.75, 3.05) is 11.9 Å². The summed E-state index contributed by atoms with van der Waals surface area (Å²) in [6, 6.07) is 8.71. The topological polar surface area (TPSA) is 111 Å². The molecule has 150 valence electrons. The van der Waals surface area contributed by atoms with Gasteiger partial charge in [-0.05, 0) is 48.7 Å². The zero-order valence-corrected chi connectivity index (χ0v) is 16.3. The van der Waals surface area contributed by atoms with Gasteiger partial charge in [0.1, 0.15) is 11.4 Å². The quantitative estimate of drug-likeness (QED) is 0.372. The number of aromatic amines is 2. The first-order chi connectivity index (χ1) is 14.6. The molecule has 0 aliphatic carbocycles. The Hall–Kier alpha value is -3.96. The lowest BCUT2D eigenvalue weighted by atomic mass is 10.1. The molecule has 8 heteroatoms. The molecule has 0 fully saturated rings. The van der Waals surface area contributed by atoms with E-state index in [-0.39, 0.29) is 18.2 Å². The van der Waals surface area contributed by atoms with Gasteiger partial charge in [0.25, 0.3) is 5.56 Å². The predicted octanol–water partition coefficient (Wildman–Crippen LogP) is 3.19. The lowest BCUT2D eigenvalue weighted by molar-refractivity contribution is 0.273. The zero-order valence-electron chi connectivity index (χ0n) is 16.3. The van der Waals surface area contributed by atoms with Crippen LogP contribution in [0.3, 0.4) is 0 Å². The molecule has 0 saturated heterocycles. The van der Waals surface area contributed by atoms with Crippen LogP contribution in [0.2, 0.25) is 0 Å². The third-order valence-electron chi connectivity index (χ3n) is 4.90. The highest BCUT2D eigenvalue weighted by Gasteiger charge is 2.18. The van der Waals surface area contributed by atoms with Crippen molar-refractivity contribution in [2.24, 2.45) is 0 Å². The van der Waals surface area contributed by atoms with Crippen molar-refractivity contribution in [3.63, 3.8) is 0 Å². The first-order valence-corrected chi connectivity index (χ1v) is 9.45. The summed E-state index contributed by atoms with van der Waals surface area (Å²) in [6.07, 6.45) is 5.53. The van der Waals surface area contributed by atoms with Gasteiger partial charge in [0.2, 0.25) is 0 Å². The molecular formula is C22H20N6O2. The lowest BCUT2D eigenvalue weighted by Gasteiger charge is -2.19. The number of rotatable bonds is 6. The van der Waals surface area contributed by atoms with Gasteiger partial charge in [-0.3, -0.25) is 9.78 Å². The van der Waals surface area contributed by atoms with Crippen LogP contribution in [-0.2, 0) is 6.42 Å². The number of nitrogens with one attached hydrogen (secondary N) is 3. The number of aryl methyl sites for hydroxylation is 1. The Morgan fingerprint density at radius 1 is 1.27 bits per heavy atom. The van der Waals surface area contributed by atoms with Crippen LogP contribution in [0.25, 0.3) is 27.3 Å². The SMILES string of the molecule is [C-]#[N+]c1cc(C)c2nc(-c3c(NC(CO)Cc4ccncc4)cc[nH]c3=O)[nH]c2c1. The molecule has 0 amide bonds. The van der Waals surface area contributed by atoms with E-state index in [1.54, 1.807) is 36.8 Å². The summed E-state index contributed by atoms with van der Waals surface area (Å²) in [6.45, 7) is 9.02. The molecular weight excluding hydrogens is 380 g/mol. The van der Waals surface area contributed by atoms with Crippen LogP contribution < -0.4 is 10.9 Å². The van der Waals surface area contributed by atoms with E-state index in [1.165, 1.54) is 0 Å². The third-order valence-corrected chi connectivity index (χ3v) is 4.90. The van der Waals surface area contributed by atoms with Crippen molar-refractivity contribution >= 4 is 22.4 Å². The predicted molar refractivity (Wildman–Crippen MR) is 116 cm³/mol. The van der Waals surface area contributed by atoms with Crippen molar-refractivity contribution in [1.82, 2.24) is 19.9 Å². The van der Waals surface area contributed by atoms with Crippen molar-refractivity contribution in [3.8, 4) is 11.4 Å². The standard InChI is InChI=1S/C22H20N6O2/c1-13-9-15(23-2)11-18-20(13)28-21(27-18)19-17(5-8-25-22(19)30)26-16(12-29)10-14-3-6-24-7-4-14/h3-9,11,16,29H,10,12H2,1H3,(H,27,28)(H2,25,26,30). The van der Waals surface area contributed by atoms with Crippen LogP contribution in [0.15, 0.2) is 53.7 Å². The highest BCUT2D eigenvalue weighted by atomic mass is 16.3. The van der Waals surface area contributed by atoms with E-state index < -0.39 is 0 Å². The number of fused-ring (bicyclic) bond motifs is 1. The first-order valence-electron chi connectivity index (χ1n) is 9.45. The van der Waals surface area contributed by atoms with Crippen molar-refractivity contribution in [2.45, 2.75) is 19.4 Å². The zero-order chi connectivity index (χ0) is 21.1. The number of hydrogen-bond donors (Lipinski definition) is 4. The van der Waals surface area contributed by atoms with E-state index in [9.17, 15) is 9.90 Å². The number of aromatic nitrogens is 4. The maximum atomic E-state index is 12.7. The number of pyridine rings is 2. The van der Waals surface area contributed by atoms with Gasteiger partial charge in [0.15, 0.2) is 5.69 Å². The van der Waals surface area contributed by atoms with Crippen LogP contribution in [0.5, 0.6) is 0 Å². The average molecular weight is 400 g/mol. The fraction of sp³-hybridized carbons (Fsp3) is 0.182. The molecule has 0 saturated carbocycles. The number of aliphatic hydroxyl groups excluding tert-OH is 1. The number of H-pyrrole nitrogens is 2. The van der Waals surface area contributed by atoms with E-state index in [1.807, 2.05) is 19.1 Å². The summed E-state index contributed by atoms with van der Waals surface area (Å²) in [4.78, 5) is 30.6. The normalized spacial score (nSPS) is 11.9. The number of benzene rings is 1. The number of aliphatic hydroxyl groups is 1. The number of hydrogen-bond acceptors (Lipinski definition) is 5. The van der Waals surface area contributed by atoms with Crippen molar-refractivity contribution < 1.29 is 5.11 Å². The van der Waals surface area contributed by atoms with Gasteiger partial charge in [-0.15, -0.1) is 0 Å². The minimum absolute atomic E-state index is 0.109. The fourth-order valence-electron chi connectivity index (χ4n) is 3.47. The summed E-state index contributed by atoms with van der Waals surface area (Å²) in [7, 11) is 0. The van der Waals surface area contributed by atoms with E-state index >= 15 is 0 Å². The van der Waals surface area contributed by atoms with Gasteiger partial charge < -0.3 is 20.4 Å². The number of nitrogens with zero attached hydrogens (tertiary/aromatic N) is 3. The molecule has 0 radical (unpaired) electrons. The molecule has 1 aromatic carbocycles. The molecule has 3 aromatic heterocycles. The number of anilines is 1. The second-order valence-corrected chi connectivity index (χ2v) is 7.03. The monoisotopic (exact) mass is 400 g/mol. The van der Waals surface area contributed by atoms with E-state index in [0.717, 1.165) is 11.1 Å². The highest BCUT2D eigenvalue weighted by Crippen LogP contribution is 2.29. The van der Waals surface area contributed by atoms with Crippen LogP contribution in [0.4, 0.5) is 11.4 Å². The molecule has 0 aliphatic heterocycles. The maximum absolute atomic E-state index is 12.7. The average Bonchev–Trinajstić information content (AvgIpc) is 3.18. The van der Waals surface area contributed by atoms with Crippen LogP contribution >= 0.6 is 0 Å². The Bertz CT molecular complexity index is 1290. The number of imidazole rings is 1. The summed E-state index contributed by atoms with van der Waals surface area (Å²) >= 11 is 0. The summed E-state index contributed by atoms with van der Waals surface area (Å²) in [5.74, 6) is 0.403. The van der Waals surface area contributed by atoms with Crippen molar-refractivity contribution in [3.05, 3.63) is 81.8 Å². The Morgan fingerprint density at radius 3 is 2.80 bits per heavy atom. The Labute approximate surface area is 172 Å². The summed E-state index contributed by atoms with van der Waals surface area (Å²) in [5, 5.41) is 13.1. The molecule has 4 rings (SSSR count). The Balaban J connectivity index is 1.73. The van der Waals surface area contributed by atoms with Gasteiger partial charge in [0.05, 0.1) is 35.9 Å². The smallest absolute Gasteiger partial charge is 0.261 e. The molecule has 3 heterocycles. The lowest BCUT2D eigenvalue weighted by Crippen LogP contribution is -2.28. The second kappa shape index (κ2) is 8.19. The minimum Gasteiger partial charge on any atom is -0.394 e.